The fraction of sp³-hybridized carbons (Fsp3) is 0.956. The van der Waals surface area contributed by atoms with Gasteiger partial charge in [-0.2, -0.15) is 0 Å². The number of aliphatic hydroxyl groups excluding tert-OH is 1. The quantitative estimate of drug-likeness (QED) is 0.0222. The largest absolute Gasteiger partial charge is 0.472 e. The van der Waals surface area contributed by atoms with Gasteiger partial charge in [0, 0.05) is 25.7 Å². The fourth-order valence-corrected chi connectivity index (χ4v) is 15.9. The molecule has 17 nitrogen and oxygen atoms in total. The normalized spacial score (nSPS) is 13.7. The molecule has 0 saturated heterocycles. The van der Waals surface area contributed by atoms with Gasteiger partial charge in [-0.25, -0.2) is 9.13 Å². The number of hydrogen-bond donors (Lipinski definition) is 3. The molecule has 0 fully saturated rings. The minimum absolute atomic E-state index is 0.109. The van der Waals surface area contributed by atoms with Gasteiger partial charge in [-0.15, -0.1) is 0 Å². The SMILES string of the molecule is CCCCCCCCCCCCCCCCCCCCCCC(=O)OC[C@H](COP(=O)(O)OC[C@@H](O)COP(=O)(O)OC[C@@H](COC(=O)CCCCCCCCCCCC(C)C)OC(=O)CCCCCCCCCCCCCCCCCCCC)OC(=O)CCCCCCCCCCCCCCCCCCCCCC. The second kappa shape index (κ2) is 83.5. The van der Waals surface area contributed by atoms with Crippen LogP contribution in [0.3, 0.4) is 0 Å². The zero-order valence-electron chi connectivity index (χ0n) is 72.4. The standard InChI is InChI=1S/C91H178O17P2/c1-6-9-12-15-18-21-24-27-30-33-36-38-41-43-46-49-54-59-64-69-74-88(93)101-80-86(107-90(95)76-72-67-62-56-51-48-45-42-39-37-34-31-28-25-22-19-16-13-10-7-2)82-105-109(97,98)103-78-85(92)79-104-110(99,100)106-83-87(81-102-89(94)75-70-65-60-57-52-53-58-63-68-73-84(4)5)108-91(96)77-71-66-61-55-50-47-44-40-35-32-29-26-23-20-17-14-11-8-3/h84-87,92H,6-83H2,1-5H3,(H,97,98)(H,99,100)/t85-,86-,87-/m1/s1. The Kier molecular flexibility index (Phi) is 82.1. The summed E-state index contributed by atoms with van der Waals surface area (Å²) in [6.07, 6.45) is 79.3. The van der Waals surface area contributed by atoms with Crippen LogP contribution >= 0.6 is 15.6 Å². The van der Waals surface area contributed by atoms with Crippen molar-refractivity contribution in [2.75, 3.05) is 39.6 Å². The summed E-state index contributed by atoms with van der Waals surface area (Å²) in [5.74, 6) is -1.35. The number of hydrogen-bond acceptors (Lipinski definition) is 15. The highest BCUT2D eigenvalue weighted by molar-refractivity contribution is 7.47. The van der Waals surface area contributed by atoms with Crippen molar-refractivity contribution in [2.24, 2.45) is 5.92 Å². The highest BCUT2D eigenvalue weighted by Crippen LogP contribution is 2.45. The van der Waals surface area contributed by atoms with Crippen LogP contribution in [0.2, 0.25) is 0 Å². The number of ether oxygens (including phenoxy) is 4. The first-order valence-electron chi connectivity index (χ1n) is 47.1. The summed E-state index contributed by atoms with van der Waals surface area (Å²) in [6.45, 7) is 7.38. The monoisotopic (exact) mass is 1610 g/mol. The second-order valence-corrected chi connectivity index (χ2v) is 36.1. The van der Waals surface area contributed by atoms with Crippen molar-refractivity contribution in [2.45, 2.75) is 515 Å². The zero-order chi connectivity index (χ0) is 80.4. The molecule has 0 aromatic rings. The average Bonchev–Trinajstić information content (AvgIpc) is 0.903. The van der Waals surface area contributed by atoms with Gasteiger partial charge in [0.15, 0.2) is 12.2 Å². The Morgan fingerprint density at radius 1 is 0.245 bits per heavy atom. The molecule has 2 unspecified atom stereocenters. The van der Waals surface area contributed by atoms with Crippen LogP contribution in [0.5, 0.6) is 0 Å². The van der Waals surface area contributed by atoms with Gasteiger partial charge in [-0.05, 0) is 31.6 Å². The van der Waals surface area contributed by atoms with E-state index >= 15 is 0 Å². The Bertz CT molecular complexity index is 2080. The van der Waals surface area contributed by atoms with Gasteiger partial charge in [0.25, 0.3) is 0 Å². The van der Waals surface area contributed by atoms with Crippen molar-refractivity contribution in [3.05, 3.63) is 0 Å². The number of unbranched alkanes of at least 4 members (excludes halogenated alkanes) is 63. The third-order valence-electron chi connectivity index (χ3n) is 21.5. The van der Waals surface area contributed by atoms with E-state index in [0.717, 1.165) is 95.8 Å². The van der Waals surface area contributed by atoms with Gasteiger partial charge in [-0.1, -0.05) is 446 Å². The maximum Gasteiger partial charge on any atom is 0.472 e. The van der Waals surface area contributed by atoms with Crippen LogP contribution in [-0.2, 0) is 65.4 Å². The summed E-state index contributed by atoms with van der Waals surface area (Å²) in [6, 6.07) is 0. The van der Waals surface area contributed by atoms with E-state index in [1.54, 1.807) is 0 Å². The predicted molar refractivity (Wildman–Crippen MR) is 455 cm³/mol. The van der Waals surface area contributed by atoms with Crippen molar-refractivity contribution in [3.8, 4) is 0 Å². The molecule has 19 heteroatoms. The summed E-state index contributed by atoms with van der Waals surface area (Å²) in [7, 11) is -9.94. The van der Waals surface area contributed by atoms with Crippen molar-refractivity contribution in [1.29, 1.82) is 0 Å². The van der Waals surface area contributed by atoms with Crippen LogP contribution in [0.25, 0.3) is 0 Å². The summed E-state index contributed by atoms with van der Waals surface area (Å²) >= 11 is 0. The minimum Gasteiger partial charge on any atom is -0.462 e. The maximum atomic E-state index is 13.2. The van der Waals surface area contributed by atoms with Crippen molar-refractivity contribution < 1.29 is 80.2 Å². The first kappa shape index (κ1) is 108. The molecule has 0 bridgehead atoms. The summed E-state index contributed by atoms with van der Waals surface area (Å²) < 4.78 is 69.1. The van der Waals surface area contributed by atoms with Gasteiger partial charge < -0.3 is 33.8 Å². The molecule has 0 heterocycles. The fourth-order valence-electron chi connectivity index (χ4n) is 14.4. The van der Waals surface area contributed by atoms with Crippen molar-refractivity contribution >= 4 is 39.5 Å². The first-order valence-corrected chi connectivity index (χ1v) is 50.1. The molecule has 0 aliphatic carbocycles. The topological polar surface area (TPSA) is 237 Å². The Balaban J connectivity index is 5.24. The number of carbonyl (C=O) groups excluding carboxylic acids is 4. The van der Waals surface area contributed by atoms with Crippen molar-refractivity contribution in [1.82, 2.24) is 0 Å². The van der Waals surface area contributed by atoms with Gasteiger partial charge >= 0.3 is 39.5 Å². The van der Waals surface area contributed by atoms with E-state index in [9.17, 15) is 43.2 Å². The number of carbonyl (C=O) groups is 4. The number of esters is 4. The Morgan fingerprint density at radius 3 is 0.618 bits per heavy atom. The molecular weight excluding hydrogens is 1430 g/mol. The molecule has 0 amide bonds. The molecule has 0 radical (unpaired) electrons. The number of rotatable bonds is 91. The van der Waals surface area contributed by atoms with Crippen LogP contribution in [0.4, 0.5) is 0 Å². The molecule has 0 spiro atoms. The molecule has 110 heavy (non-hydrogen) atoms. The van der Waals surface area contributed by atoms with E-state index in [0.29, 0.717) is 25.7 Å². The summed E-state index contributed by atoms with van der Waals surface area (Å²) in [4.78, 5) is 73.4. The number of phosphoric ester groups is 2. The Labute approximate surface area is 677 Å². The van der Waals surface area contributed by atoms with Crippen LogP contribution in [0.1, 0.15) is 497 Å². The number of phosphoric acid groups is 2. The molecule has 0 aromatic carbocycles. The summed E-state index contributed by atoms with van der Waals surface area (Å²) in [5.41, 5.74) is 0. The summed E-state index contributed by atoms with van der Waals surface area (Å²) in [5, 5.41) is 10.7. The second-order valence-electron chi connectivity index (χ2n) is 33.2. The van der Waals surface area contributed by atoms with Crippen LogP contribution in [0, 0.1) is 5.92 Å². The molecule has 0 aliphatic heterocycles. The molecule has 654 valence electrons. The van der Waals surface area contributed by atoms with Crippen molar-refractivity contribution in [3.63, 3.8) is 0 Å². The van der Waals surface area contributed by atoms with E-state index in [2.05, 4.69) is 34.6 Å². The lowest BCUT2D eigenvalue weighted by Gasteiger charge is -2.21. The molecule has 0 saturated carbocycles. The van der Waals surface area contributed by atoms with E-state index in [1.807, 2.05) is 0 Å². The lowest BCUT2D eigenvalue weighted by Crippen LogP contribution is -2.30. The predicted octanol–water partition coefficient (Wildman–Crippen LogP) is 28.3. The smallest absolute Gasteiger partial charge is 0.462 e. The van der Waals surface area contributed by atoms with Crippen LogP contribution in [-0.4, -0.2) is 96.7 Å². The highest BCUT2D eigenvalue weighted by Gasteiger charge is 2.31. The Hall–Kier alpha value is -1.94. The third kappa shape index (κ3) is 84.0. The van der Waals surface area contributed by atoms with Gasteiger partial charge in [-0.3, -0.25) is 37.3 Å². The van der Waals surface area contributed by atoms with Gasteiger partial charge in [0.1, 0.15) is 19.3 Å². The van der Waals surface area contributed by atoms with Gasteiger partial charge in [0.05, 0.1) is 26.4 Å². The number of aliphatic hydroxyl groups is 1. The van der Waals surface area contributed by atoms with E-state index in [4.69, 9.17) is 37.0 Å². The molecule has 0 aliphatic rings. The maximum absolute atomic E-state index is 13.2. The average molecular weight is 1610 g/mol. The molecule has 0 rings (SSSR count). The lowest BCUT2D eigenvalue weighted by molar-refractivity contribution is -0.161. The lowest BCUT2D eigenvalue weighted by atomic mass is 10.0. The molecule has 5 atom stereocenters. The Morgan fingerprint density at radius 2 is 0.418 bits per heavy atom. The minimum atomic E-state index is -4.97. The van der Waals surface area contributed by atoms with E-state index in [1.165, 1.54) is 321 Å². The first-order chi connectivity index (χ1) is 53.5. The molecular formula is C91H178O17P2. The zero-order valence-corrected chi connectivity index (χ0v) is 74.2. The molecule has 0 aromatic heterocycles. The van der Waals surface area contributed by atoms with Gasteiger partial charge in [0.2, 0.25) is 0 Å². The molecule has 3 N–H and O–H groups in total. The van der Waals surface area contributed by atoms with Crippen LogP contribution in [0.15, 0.2) is 0 Å². The van der Waals surface area contributed by atoms with Crippen LogP contribution < -0.4 is 0 Å². The van der Waals surface area contributed by atoms with E-state index in [-0.39, 0.29) is 25.7 Å². The highest BCUT2D eigenvalue weighted by atomic mass is 31.2. The van der Waals surface area contributed by atoms with E-state index < -0.39 is 97.5 Å². The third-order valence-corrected chi connectivity index (χ3v) is 23.4.